The zero-order chi connectivity index (χ0) is 19.2. The number of carbonyl (C=O) groups excluding carboxylic acids is 2. The lowest BCUT2D eigenvalue weighted by molar-refractivity contribution is -0.120. The van der Waals surface area contributed by atoms with Gasteiger partial charge in [0.05, 0.1) is 18.3 Å². The maximum Gasteiger partial charge on any atom is 0.259 e. The average Bonchev–Trinajstić information content (AvgIpc) is 2.67. The molecular formula is C19H15ClN4O3. The number of hydrogen-bond acceptors (Lipinski definition) is 4. The van der Waals surface area contributed by atoms with E-state index in [1.165, 1.54) is 6.21 Å². The Balaban J connectivity index is 1.56. The third-order valence-electron chi connectivity index (χ3n) is 3.69. The second-order valence-electron chi connectivity index (χ2n) is 5.62. The van der Waals surface area contributed by atoms with E-state index >= 15 is 0 Å². The van der Waals surface area contributed by atoms with Gasteiger partial charge in [-0.2, -0.15) is 5.10 Å². The summed E-state index contributed by atoms with van der Waals surface area (Å²) in [6.45, 7) is -0.257. The second kappa shape index (κ2) is 8.29. The lowest BCUT2D eigenvalue weighted by Crippen LogP contribution is -2.35. The summed E-state index contributed by atoms with van der Waals surface area (Å²) < 4.78 is 0. The SMILES string of the molecule is O=C(CNC(=O)c1ccc(Cl)cc1)NN=Cc1cc2ccccc2[nH]c1=O. The Morgan fingerprint density at radius 3 is 2.63 bits per heavy atom. The maximum atomic E-state index is 12.0. The molecule has 0 atom stereocenters. The standard InChI is InChI=1S/C19H15ClN4O3/c20-15-7-5-12(6-8-15)18(26)21-11-17(25)24-22-10-14-9-13-3-1-2-4-16(13)23-19(14)27/h1-10H,11H2,(H,21,26)(H,23,27)(H,24,25). The van der Waals surface area contributed by atoms with Crippen LogP contribution in [-0.2, 0) is 4.79 Å². The van der Waals surface area contributed by atoms with E-state index in [0.29, 0.717) is 21.7 Å². The third-order valence-corrected chi connectivity index (χ3v) is 3.94. The Labute approximate surface area is 159 Å². The van der Waals surface area contributed by atoms with Crippen LogP contribution in [0, 0.1) is 0 Å². The summed E-state index contributed by atoms with van der Waals surface area (Å²) in [5, 5.41) is 7.59. The van der Waals surface area contributed by atoms with Crippen molar-refractivity contribution >= 4 is 40.5 Å². The minimum Gasteiger partial charge on any atom is -0.343 e. The van der Waals surface area contributed by atoms with E-state index in [0.717, 1.165) is 5.39 Å². The first-order valence-corrected chi connectivity index (χ1v) is 8.38. The molecule has 3 rings (SSSR count). The fraction of sp³-hybridized carbons (Fsp3) is 0.0526. The van der Waals surface area contributed by atoms with Crippen molar-refractivity contribution in [2.24, 2.45) is 5.10 Å². The molecule has 0 aliphatic carbocycles. The van der Waals surface area contributed by atoms with E-state index in [9.17, 15) is 14.4 Å². The van der Waals surface area contributed by atoms with Gasteiger partial charge in [0.2, 0.25) is 0 Å². The Morgan fingerprint density at radius 1 is 1.11 bits per heavy atom. The van der Waals surface area contributed by atoms with Gasteiger partial charge in [-0.25, -0.2) is 5.43 Å². The van der Waals surface area contributed by atoms with E-state index in [1.54, 1.807) is 36.4 Å². The van der Waals surface area contributed by atoms with Crippen LogP contribution in [-0.4, -0.2) is 29.6 Å². The van der Waals surface area contributed by atoms with Crippen LogP contribution in [0.15, 0.2) is 64.5 Å². The number of hydrogen-bond donors (Lipinski definition) is 3. The van der Waals surface area contributed by atoms with Crippen LogP contribution >= 0.6 is 11.6 Å². The Kier molecular flexibility index (Phi) is 5.63. The number of carbonyl (C=O) groups is 2. The van der Waals surface area contributed by atoms with Crippen molar-refractivity contribution in [2.75, 3.05) is 6.54 Å². The fourth-order valence-electron chi connectivity index (χ4n) is 2.34. The van der Waals surface area contributed by atoms with Gasteiger partial charge >= 0.3 is 0 Å². The lowest BCUT2D eigenvalue weighted by Gasteiger charge is -2.04. The van der Waals surface area contributed by atoms with Crippen LogP contribution in [0.3, 0.4) is 0 Å². The van der Waals surface area contributed by atoms with Crippen LogP contribution in [0.25, 0.3) is 10.9 Å². The lowest BCUT2D eigenvalue weighted by atomic mass is 10.2. The normalized spacial score (nSPS) is 10.9. The van der Waals surface area contributed by atoms with Crippen molar-refractivity contribution in [1.82, 2.24) is 15.7 Å². The largest absolute Gasteiger partial charge is 0.343 e. The molecule has 0 unspecified atom stereocenters. The molecule has 136 valence electrons. The van der Waals surface area contributed by atoms with Gasteiger partial charge in [-0.05, 0) is 41.8 Å². The minimum atomic E-state index is -0.522. The van der Waals surface area contributed by atoms with Crippen LogP contribution in [0.1, 0.15) is 15.9 Å². The number of aromatic nitrogens is 1. The topological polar surface area (TPSA) is 103 Å². The molecule has 0 radical (unpaired) electrons. The number of benzene rings is 2. The zero-order valence-electron chi connectivity index (χ0n) is 14.0. The van der Waals surface area contributed by atoms with Crippen molar-refractivity contribution in [3.05, 3.63) is 81.1 Å². The Morgan fingerprint density at radius 2 is 1.85 bits per heavy atom. The number of hydrazone groups is 1. The van der Waals surface area contributed by atoms with E-state index in [1.807, 2.05) is 18.2 Å². The first-order valence-electron chi connectivity index (χ1n) is 8.01. The number of nitrogens with zero attached hydrogens (tertiary/aromatic N) is 1. The fourth-order valence-corrected chi connectivity index (χ4v) is 2.46. The zero-order valence-corrected chi connectivity index (χ0v) is 14.8. The number of nitrogens with one attached hydrogen (secondary N) is 3. The summed E-state index contributed by atoms with van der Waals surface area (Å²) in [6, 6.07) is 15.3. The smallest absolute Gasteiger partial charge is 0.259 e. The summed E-state index contributed by atoms with van der Waals surface area (Å²) in [5.41, 5.74) is 3.36. The second-order valence-corrected chi connectivity index (χ2v) is 6.06. The number of rotatable bonds is 5. The van der Waals surface area contributed by atoms with Gasteiger partial charge in [0.15, 0.2) is 0 Å². The molecule has 8 heteroatoms. The molecule has 3 N–H and O–H groups in total. The van der Waals surface area contributed by atoms with Gasteiger partial charge in [-0.3, -0.25) is 14.4 Å². The summed E-state index contributed by atoms with van der Waals surface area (Å²) in [5.74, 6) is -0.928. The predicted octanol–water partition coefficient (Wildman–Crippen LogP) is 2.06. The molecule has 27 heavy (non-hydrogen) atoms. The number of H-pyrrole nitrogens is 1. The van der Waals surface area contributed by atoms with Gasteiger partial charge in [-0.15, -0.1) is 0 Å². The van der Waals surface area contributed by atoms with Gasteiger partial charge in [0.1, 0.15) is 0 Å². The number of amides is 2. The first kappa shape index (κ1) is 18.3. The van der Waals surface area contributed by atoms with E-state index in [4.69, 9.17) is 11.6 Å². The molecule has 7 nitrogen and oxygen atoms in total. The molecule has 1 aromatic heterocycles. The molecule has 1 heterocycles. The van der Waals surface area contributed by atoms with Crippen LogP contribution in [0.4, 0.5) is 0 Å². The van der Waals surface area contributed by atoms with Crippen LogP contribution in [0.5, 0.6) is 0 Å². The highest BCUT2D eigenvalue weighted by atomic mass is 35.5. The van der Waals surface area contributed by atoms with Crippen molar-refractivity contribution in [2.45, 2.75) is 0 Å². The Hall–Kier alpha value is -3.45. The molecular weight excluding hydrogens is 368 g/mol. The summed E-state index contributed by atoms with van der Waals surface area (Å²) in [6.07, 6.45) is 1.25. The highest BCUT2D eigenvalue weighted by Gasteiger charge is 2.07. The van der Waals surface area contributed by atoms with Gasteiger partial charge < -0.3 is 10.3 Å². The van der Waals surface area contributed by atoms with E-state index < -0.39 is 11.8 Å². The number of aromatic amines is 1. The molecule has 0 bridgehead atoms. The number of para-hydroxylation sites is 1. The number of halogens is 1. The van der Waals surface area contributed by atoms with Gasteiger partial charge in [-0.1, -0.05) is 29.8 Å². The molecule has 0 saturated carbocycles. The van der Waals surface area contributed by atoms with E-state index in [2.05, 4.69) is 20.8 Å². The van der Waals surface area contributed by atoms with Crippen molar-refractivity contribution < 1.29 is 9.59 Å². The summed E-state index contributed by atoms with van der Waals surface area (Å²) in [4.78, 5) is 38.4. The molecule has 2 amide bonds. The molecule has 2 aromatic carbocycles. The van der Waals surface area contributed by atoms with Crippen molar-refractivity contribution in [3.8, 4) is 0 Å². The summed E-state index contributed by atoms with van der Waals surface area (Å²) >= 11 is 5.76. The van der Waals surface area contributed by atoms with E-state index in [-0.39, 0.29) is 12.1 Å². The quantitative estimate of drug-likeness (QED) is 0.464. The number of fused-ring (bicyclic) bond motifs is 1. The molecule has 0 aliphatic heterocycles. The molecule has 0 fully saturated rings. The molecule has 3 aromatic rings. The monoisotopic (exact) mass is 382 g/mol. The molecule has 0 saturated heterocycles. The molecule has 0 aliphatic rings. The Bertz CT molecular complexity index is 1070. The average molecular weight is 383 g/mol. The highest BCUT2D eigenvalue weighted by Crippen LogP contribution is 2.09. The van der Waals surface area contributed by atoms with Gasteiger partial charge in [0.25, 0.3) is 17.4 Å². The predicted molar refractivity (Wildman–Crippen MR) is 104 cm³/mol. The molecule has 0 spiro atoms. The number of pyridine rings is 1. The minimum absolute atomic E-state index is 0.257. The van der Waals surface area contributed by atoms with Gasteiger partial charge in [0, 0.05) is 16.1 Å². The summed E-state index contributed by atoms with van der Waals surface area (Å²) in [7, 11) is 0. The van der Waals surface area contributed by atoms with Crippen LogP contribution < -0.4 is 16.3 Å². The van der Waals surface area contributed by atoms with Crippen molar-refractivity contribution in [1.29, 1.82) is 0 Å². The maximum absolute atomic E-state index is 12.0. The van der Waals surface area contributed by atoms with Crippen LogP contribution in [0.2, 0.25) is 5.02 Å². The third kappa shape index (κ3) is 4.80. The first-order chi connectivity index (χ1) is 13.0. The van der Waals surface area contributed by atoms with Crippen molar-refractivity contribution in [3.63, 3.8) is 0 Å². The highest BCUT2D eigenvalue weighted by molar-refractivity contribution is 6.30.